The molecule has 108 valence electrons. The molecule has 2 heterocycles. The average Bonchev–Trinajstić information content (AvgIpc) is 3.10. The van der Waals surface area contributed by atoms with Gasteiger partial charge in [0, 0.05) is 11.7 Å². The summed E-state index contributed by atoms with van der Waals surface area (Å²) in [5, 5.41) is 0. The van der Waals surface area contributed by atoms with E-state index in [1.165, 1.54) is 0 Å². The van der Waals surface area contributed by atoms with Crippen LogP contribution in [0.1, 0.15) is 40.5 Å². The lowest BCUT2D eigenvalue weighted by molar-refractivity contribution is 0.00578. The van der Waals surface area contributed by atoms with E-state index in [1.54, 1.807) is 6.20 Å². The number of anilines is 1. The van der Waals surface area contributed by atoms with Gasteiger partial charge in [0.2, 0.25) is 0 Å². The topological polar surface area (TPSA) is 66.6 Å². The number of nitrogens with two attached hydrogens (primary N) is 1. The summed E-state index contributed by atoms with van der Waals surface area (Å²) in [6.07, 6.45) is 4.14. The predicted octanol–water partition coefficient (Wildman–Crippen LogP) is 1.50. The summed E-state index contributed by atoms with van der Waals surface area (Å²) in [5.41, 5.74) is 5.97. The molecule has 2 N–H and O–H groups in total. The minimum absolute atomic E-state index is 0.285. The molecule has 1 aliphatic carbocycles. The molecule has 0 atom stereocenters. The van der Waals surface area contributed by atoms with Gasteiger partial charge >= 0.3 is 7.12 Å². The van der Waals surface area contributed by atoms with Gasteiger partial charge in [-0.2, -0.15) is 0 Å². The molecule has 1 aromatic heterocycles. The van der Waals surface area contributed by atoms with Crippen molar-refractivity contribution in [2.24, 2.45) is 0 Å². The second kappa shape index (κ2) is 4.36. The van der Waals surface area contributed by atoms with E-state index in [0.29, 0.717) is 11.6 Å². The van der Waals surface area contributed by atoms with Gasteiger partial charge in [0.15, 0.2) is 11.6 Å². The molecule has 1 aromatic rings. The van der Waals surface area contributed by atoms with Gasteiger partial charge in [0.05, 0.1) is 17.3 Å². The number of pyridine rings is 1. The normalized spacial score (nSPS) is 23.9. The Bertz CT molecular complexity index is 513. The molecule has 6 heteroatoms. The first kappa shape index (κ1) is 13.7. The highest BCUT2D eigenvalue weighted by molar-refractivity contribution is 6.62. The molecule has 2 fully saturated rings. The minimum Gasteiger partial charge on any atom is -0.487 e. The Balaban J connectivity index is 1.84. The Kier molecular flexibility index (Phi) is 2.99. The number of ether oxygens (including phenoxy) is 1. The van der Waals surface area contributed by atoms with Gasteiger partial charge in [-0.15, -0.1) is 0 Å². The molecule has 5 nitrogen and oxygen atoms in total. The smallest absolute Gasteiger partial charge is 0.487 e. The van der Waals surface area contributed by atoms with Crippen molar-refractivity contribution in [1.82, 2.24) is 4.98 Å². The zero-order chi connectivity index (χ0) is 14.5. The Labute approximate surface area is 119 Å². The fraction of sp³-hybridized carbons (Fsp3) is 0.643. The second-order valence-electron chi connectivity index (χ2n) is 6.56. The molecule has 1 aliphatic heterocycles. The van der Waals surface area contributed by atoms with Gasteiger partial charge in [-0.25, -0.2) is 4.98 Å². The van der Waals surface area contributed by atoms with E-state index in [0.717, 1.165) is 18.3 Å². The lowest BCUT2D eigenvalue weighted by atomic mass is 9.80. The van der Waals surface area contributed by atoms with Crippen molar-refractivity contribution in [2.45, 2.75) is 57.8 Å². The number of rotatable bonds is 3. The monoisotopic (exact) mass is 276 g/mol. The molecule has 0 amide bonds. The summed E-state index contributed by atoms with van der Waals surface area (Å²) in [7, 11) is -0.436. The second-order valence-corrected chi connectivity index (χ2v) is 6.56. The molecule has 0 aromatic carbocycles. The van der Waals surface area contributed by atoms with E-state index >= 15 is 0 Å². The number of nitrogens with zero attached hydrogens (tertiary/aromatic N) is 1. The molecule has 2 aliphatic rings. The van der Waals surface area contributed by atoms with Crippen LogP contribution in [0, 0.1) is 0 Å². The van der Waals surface area contributed by atoms with E-state index in [4.69, 9.17) is 19.8 Å². The van der Waals surface area contributed by atoms with Crippen LogP contribution in [0.5, 0.6) is 5.75 Å². The Morgan fingerprint density at radius 1 is 1.25 bits per heavy atom. The summed E-state index contributed by atoms with van der Waals surface area (Å²) < 4.78 is 17.8. The highest BCUT2D eigenvalue weighted by Crippen LogP contribution is 2.37. The summed E-state index contributed by atoms with van der Waals surface area (Å²) >= 11 is 0. The van der Waals surface area contributed by atoms with Gasteiger partial charge in [0.25, 0.3) is 0 Å². The first-order chi connectivity index (χ1) is 9.28. The highest BCUT2D eigenvalue weighted by atomic mass is 16.7. The van der Waals surface area contributed by atoms with Crippen molar-refractivity contribution in [3.8, 4) is 5.75 Å². The largest absolute Gasteiger partial charge is 0.496 e. The lowest BCUT2D eigenvalue weighted by Crippen LogP contribution is -2.41. The number of hydrogen-bond donors (Lipinski definition) is 1. The standard InChI is InChI=1S/C14H21BN2O3/c1-13(2)14(3,4)20-15(19-13)9-7-11(12(16)17-8-9)18-10-5-6-10/h7-8,10H,5-6H2,1-4H3,(H2,16,17). The third kappa shape index (κ3) is 2.38. The Morgan fingerprint density at radius 3 is 2.40 bits per heavy atom. The van der Waals surface area contributed by atoms with Gasteiger partial charge in [-0.1, -0.05) is 0 Å². The van der Waals surface area contributed by atoms with Crippen molar-refractivity contribution < 1.29 is 14.0 Å². The number of hydrogen-bond acceptors (Lipinski definition) is 5. The van der Waals surface area contributed by atoms with Crippen LogP contribution < -0.4 is 15.9 Å². The molecule has 1 saturated heterocycles. The molecule has 20 heavy (non-hydrogen) atoms. The maximum absolute atomic E-state index is 6.01. The van der Waals surface area contributed by atoms with E-state index < -0.39 is 7.12 Å². The van der Waals surface area contributed by atoms with Crippen LogP contribution in [0.4, 0.5) is 5.82 Å². The fourth-order valence-corrected chi connectivity index (χ4v) is 2.04. The van der Waals surface area contributed by atoms with Gasteiger partial charge in [0.1, 0.15) is 0 Å². The van der Waals surface area contributed by atoms with Gasteiger partial charge in [-0.3, -0.25) is 0 Å². The van der Waals surface area contributed by atoms with Crippen molar-refractivity contribution in [2.75, 3.05) is 5.73 Å². The van der Waals surface area contributed by atoms with Crippen molar-refractivity contribution >= 4 is 18.4 Å². The quantitative estimate of drug-likeness (QED) is 0.847. The molecule has 1 saturated carbocycles. The first-order valence-corrected chi connectivity index (χ1v) is 7.06. The maximum atomic E-state index is 6.01. The molecule has 0 spiro atoms. The van der Waals surface area contributed by atoms with Crippen molar-refractivity contribution in [3.63, 3.8) is 0 Å². The van der Waals surface area contributed by atoms with Crippen LogP contribution >= 0.6 is 0 Å². The van der Waals surface area contributed by atoms with E-state index in [2.05, 4.69) is 4.98 Å². The molecule has 3 rings (SSSR count). The third-order valence-corrected chi connectivity index (χ3v) is 4.25. The van der Waals surface area contributed by atoms with Crippen molar-refractivity contribution in [3.05, 3.63) is 12.3 Å². The SMILES string of the molecule is CC1(C)OB(c2cnc(N)c(OC3CC3)c2)OC1(C)C. The van der Waals surface area contributed by atoms with E-state index in [-0.39, 0.29) is 17.3 Å². The van der Waals surface area contributed by atoms with Crippen LogP contribution in [0.25, 0.3) is 0 Å². The number of aromatic nitrogens is 1. The summed E-state index contributed by atoms with van der Waals surface area (Å²) in [6.45, 7) is 8.11. The molecular formula is C14H21BN2O3. The van der Waals surface area contributed by atoms with E-state index in [1.807, 2.05) is 33.8 Å². The van der Waals surface area contributed by atoms with Gasteiger partial charge in [-0.05, 0) is 46.6 Å². The Hall–Kier alpha value is -1.27. The van der Waals surface area contributed by atoms with Crippen molar-refractivity contribution in [1.29, 1.82) is 0 Å². The van der Waals surface area contributed by atoms with Crippen LogP contribution in [0.3, 0.4) is 0 Å². The molecule has 0 radical (unpaired) electrons. The van der Waals surface area contributed by atoms with Crippen LogP contribution in [-0.2, 0) is 9.31 Å². The molecule has 0 bridgehead atoms. The zero-order valence-corrected chi connectivity index (χ0v) is 12.5. The summed E-state index contributed by atoms with van der Waals surface area (Å²) in [4.78, 5) is 4.19. The summed E-state index contributed by atoms with van der Waals surface area (Å²) in [6, 6.07) is 1.88. The number of nitrogen functional groups attached to an aromatic ring is 1. The maximum Gasteiger partial charge on any atom is 0.496 e. The van der Waals surface area contributed by atoms with Crippen LogP contribution in [0.15, 0.2) is 12.3 Å². The zero-order valence-electron chi connectivity index (χ0n) is 12.5. The lowest BCUT2D eigenvalue weighted by Gasteiger charge is -2.32. The predicted molar refractivity (Wildman–Crippen MR) is 78.0 cm³/mol. The Morgan fingerprint density at radius 2 is 1.85 bits per heavy atom. The van der Waals surface area contributed by atoms with Crippen LogP contribution in [-0.4, -0.2) is 29.4 Å². The fourth-order valence-electron chi connectivity index (χ4n) is 2.04. The third-order valence-electron chi connectivity index (χ3n) is 4.25. The first-order valence-electron chi connectivity index (χ1n) is 7.06. The average molecular weight is 276 g/mol. The highest BCUT2D eigenvalue weighted by Gasteiger charge is 2.52. The van der Waals surface area contributed by atoms with Gasteiger partial charge < -0.3 is 19.8 Å². The molecular weight excluding hydrogens is 255 g/mol. The van der Waals surface area contributed by atoms with Crippen LogP contribution in [0.2, 0.25) is 0 Å². The molecule has 0 unspecified atom stereocenters. The minimum atomic E-state index is -0.436. The summed E-state index contributed by atoms with van der Waals surface area (Å²) in [5.74, 6) is 1.04. The van der Waals surface area contributed by atoms with E-state index in [9.17, 15) is 0 Å².